The summed E-state index contributed by atoms with van der Waals surface area (Å²) >= 11 is 0. The number of halogens is 3. The van der Waals surface area contributed by atoms with Gasteiger partial charge in [0.1, 0.15) is 17.3 Å². The Balaban J connectivity index is 1.94. The summed E-state index contributed by atoms with van der Waals surface area (Å²) in [5.41, 5.74) is 9.95. The minimum absolute atomic E-state index is 0.0846. The van der Waals surface area contributed by atoms with Crippen molar-refractivity contribution in [2.24, 2.45) is 5.73 Å². The van der Waals surface area contributed by atoms with Crippen LogP contribution in [0.15, 0.2) is 60.8 Å². The van der Waals surface area contributed by atoms with E-state index in [0.29, 0.717) is 0 Å². The Labute approximate surface area is 171 Å². The van der Waals surface area contributed by atoms with E-state index >= 15 is 0 Å². The number of nitrogens with two attached hydrogens (primary N) is 2. The first-order chi connectivity index (χ1) is 14.1. The van der Waals surface area contributed by atoms with E-state index in [2.05, 4.69) is 15.3 Å². The Bertz CT molecular complexity index is 1050. The van der Waals surface area contributed by atoms with Gasteiger partial charge in [-0.15, -0.1) is 0 Å². The van der Waals surface area contributed by atoms with E-state index in [1.54, 1.807) is 6.92 Å². The number of hydrogen-bond donors (Lipinski definition) is 3. The third kappa shape index (κ3) is 4.57. The predicted molar refractivity (Wildman–Crippen MR) is 108 cm³/mol. The molecule has 2 aromatic heterocycles. The first-order valence-electron chi connectivity index (χ1n) is 9.01. The maximum atomic E-state index is 13.5. The molecule has 0 radical (unpaired) electrons. The molecule has 30 heavy (non-hydrogen) atoms. The van der Waals surface area contributed by atoms with E-state index < -0.39 is 28.8 Å². The average molecular weight is 415 g/mol. The molecule has 0 spiro atoms. The van der Waals surface area contributed by atoms with Crippen LogP contribution in [0.25, 0.3) is 0 Å². The second-order valence-electron chi connectivity index (χ2n) is 6.99. The molecule has 0 aliphatic rings. The Morgan fingerprint density at radius 2 is 1.77 bits per heavy atom. The third-order valence-corrected chi connectivity index (χ3v) is 4.57. The Morgan fingerprint density at radius 3 is 2.40 bits per heavy atom. The zero-order valence-electron chi connectivity index (χ0n) is 16.1. The Morgan fingerprint density at radius 1 is 1.07 bits per heavy atom. The van der Waals surface area contributed by atoms with Crippen LogP contribution in [0.2, 0.25) is 0 Å². The third-order valence-electron chi connectivity index (χ3n) is 4.57. The highest BCUT2D eigenvalue weighted by Gasteiger charge is 2.37. The van der Waals surface area contributed by atoms with Gasteiger partial charge in [-0.2, -0.15) is 13.2 Å². The summed E-state index contributed by atoms with van der Waals surface area (Å²) in [5.74, 6) is -1.05. The van der Waals surface area contributed by atoms with Gasteiger partial charge in [0.25, 0.3) is 0 Å². The van der Waals surface area contributed by atoms with Crippen LogP contribution in [0.1, 0.15) is 34.1 Å². The summed E-state index contributed by atoms with van der Waals surface area (Å²) in [6, 6.07) is 13.9. The molecule has 0 amide bonds. The highest BCUT2D eigenvalue weighted by atomic mass is 19.4. The van der Waals surface area contributed by atoms with Crippen LogP contribution in [-0.2, 0) is 11.7 Å². The smallest absolute Gasteiger partial charge is 0.383 e. The van der Waals surface area contributed by atoms with Gasteiger partial charge < -0.3 is 16.8 Å². The normalized spacial score (nSPS) is 13.5. The lowest BCUT2D eigenvalue weighted by molar-refractivity contribution is -0.138. The molecule has 0 saturated heterocycles. The van der Waals surface area contributed by atoms with Gasteiger partial charge in [0.2, 0.25) is 5.78 Å². The minimum atomic E-state index is -4.76. The molecule has 2 heterocycles. The fourth-order valence-corrected chi connectivity index (χ4v) is 2.89. The Kier molecular flexibility index (Phi) is 5.75. The molecule has 6 nitrogen and oxygen atoms in total. The van der Waals surface area contributed by atoms with Crippen molar-refractivity contribution in [1.29, 1.82) is 0 Å². The van der Waals surface area contributed by atoms with E-state index in [9.17, 15) is 18.0 Å². The van der Waals surface area contributed by atoms with Gasteiger partial charge in [0.15, 0.2) is 0 Å². The van der Waals surface area contributed by atoms with Crippen LogP contribution in [0.5, 0.6) is 0 Å². The van der Waals surface area contributed by atoms with E-state index in [1.807, 2.05) is 30.3 Å². The number of carbonyl (C=O) groups is 1. The molecule has 0 saturated carbocycles. The number of ketones is 1. The molecule has 3 rings (SSSR count). The van der Waals surface area contributed by atoms with E-state index in [0.717, 1.165) is 17.7 Å². The first kappa shape index (κ1) is 21.3. The number of benzene rings is 1. The van der Waals surface area contributed by atoms with Gasteiger partial charge in [0.05, 0.1) is 16.7 Å². The number of nitrogens with one attached hydrogen (secondary N) is 1. The van der Waals surface area contributed by atoms with Crippen LogP contribution in [-0.4, -0.2) is 22.3 Å². The maximum Gasteiger partial charge on any atom is 0.418 e. The molecule has 0 bridgehead atoms. The highest BCUT2D eigenvalue weighted by Crippen LogP contribution is 2.33. The summed E-state index contributed by atoms with van der Waals surface area (Å²) in [6.45, 7) is 1.96. The van der Waals surface area contributed by atoms with Crippen molar-refractivity contribution >= 4 is 17.4 Å². The van der Waals surface area contributed by atoms with Gasteiger partial charge in [-0.25, -0.2) is 9.97 Å². The van der Waals surface area contributed by atoms with Crippen molar-refractivity contribution in [1.82, 2.24) is 9.97 Å². The zero-order valence-corrected chi connectivity index (χ0v) is 16.1. The van der Waals surface area contributed by atoms with Gasteiger partial charge in [0, 0.05) is 12.7 Å². The fourth-order valence-electron chi connectivity index (χ4n) is 2.89. The van der Waals surface area contributed by atoms with Crippen molar-refractivity contribution in [3.8, 4) is 0 Å². The number of pyridine rings is 2. The van der Waals surface area contributed by atoms with E-state index in [4.69, 9.17) is 11.5 Å². The van der Waals surface area contributed by atoms with E-state index in [-0.39, 0.29) is 23.7 Å². The molecule has 1 unspecified atom stereocenters. The zero-order chi connectivity index (χ0) is 21.9. The molecule has 5 N–H and O–H groups in total. The lowest BCUT2D eigenvalue weighted by Crippen LogP contribution is -2.40. The van der Waals surface area contributed by atoms with Gasteiger partial charge in [-0.1, -0.05) is 30.3 Å². The summed E-state index contributed by atoms with van der Waals surface area (Å²) in [5, 5.41) is 2.92. The number of anilines is 2. The number of hydrogen-bond acceptors (Lipinski definition) is 6. The highest BCUT2D eigenvalue weighted by molar-refractivity contribution is 6.11. The van der Waals surface area contributed by atoms with E-state index in [1.165, 1.54) is 18.3 Å². The van der Waals surface area contributed by atoms with Crippen molar-refractivity contribution in [2.45, 2.75) is 18.6 Å². The van der Waals surface area contributed by atoms with Crippen LogP contribution in [0.3, 0.4) is 0 Å². The topological polar surface area (TPSA) is 107 Å². The number of carbonyl (C=O) groups excluding carboxylic acids is 1. The number of aromatic nitrogens is 2. The van der Waals surface area contributed by atoms with Crippen LogP contribution in [0.4, 0.5) is 24.8 Å². The predicted octanol–water partition coefficient (Wildman–Crippen LogP) is 3.59. The molecule has 0 aliphatic heterocycles. The summed E-state index contributed by atoms with van der Waals surface area (Å²) in [6.07, 6.45) is -3.42. The SMILES string of the molecule is CC(N)(CNc1ccc(C(F)(F)F)c(C(=O)c2cccnc2N)n1)c1ccccc1. The molecule has 1 aromatic carbocycles. The second kappa shape index (κ2) is 8.11. The first-order valence-corrected chi connectivity index (χ1v) is 9.01. The van der Waals surface area contributed by atoms with Gasteiger partial charge in [-0.3, -0.25) is 4.79 Å². The maximum absolute atomic E-state index is 13.5. The van der Waals surface area contributed by atoms with Gasteiger partial charge >= 0.3 is 6.18 Å². The lowest BCUT2D eigenvalue weighted by atomic mass is 9.93. The average Bonchev–Trinajstić information content (AvgIpc) is 2.72. The molecular weight excluding hydrogens is 395 g/mol. The number of nitrogens with zero attached hydrogens (tertiary/aromatic N) is 2. The molecule has 0 fully saturated rings. The van der Waals surface area contributed by atoms with Crippen LogP contribution < -0.4 is 16.8 Å². The fraction of sp³-hybridized carbons (Fsp3) is 0.190. The van der Waals surface area contributed by atoms with Gasteiger partial charge in [-0.05, 0) is 36.8 Å². The van der Waals surface area contributed by atoms with Crippen LogP contribution in [0, 0.1) is 0 Å². The van der Waals surface area contributed by atoms with Crippen molar-refractivity contribution in [3.63, 3.8) is 0 Å². The summed E-state index contributed by atoms with van der Waals surface area (Å²) < 4.78 is 40.4. The monoisotopic (exact) mass is 415 g/mol. The van der Waals surface area contributed by atoms with Crippen molar-refractivity contribution in [3.05, 3.63) is 83.2 Å². The molecule has 1 atom stereocenters. The number of nitrogen functional groups attached to an aromatic ring is 1. The number of rotatable bonds is 6. The Hall–Kier alpha value is -3.46. The van der Waals surface area contributed by atoms with Crippen molar-refractivity contribution in [2.75, 3.05) is 17.6 Å². The molecule has 9 heteroatoms. The molecular formula is C21H20F3N5O. The molecule has 0 aliphatic carbocycles. The second-order valence-corrected chi connectivity index (χ2v) is 6.99. The standard InChI is InChI=1S/C21H20F3N5O/c1-20(26,13-6-3-2-4-7-13)12-28-16-10-9-15(21(22,23)24)17(29-16)18(30)14-8-5-11-27-19(14)25/h2-11H,12,26H2,1H3,(H2,25,27)(H,28,29). The number of alkyl halides is 3. The summed E-state index contributed by atoms with van der Waals surface area (Å²) in [4.78, 5) is 20.5. The molecule has 156 valence electrons. The quantitative estimate of drug-likeness (QED) is 0.531. The summed E-state index contributed by atoms with van der Waals surface area (Å²) in [7, 11) is 0. The molecule has 3 aromatic rings. The minimum Gasteiger partial charge on any atom is -0.383 e. The van der Waals surface area contributed by atoms with Crippen molar-refractivity contribution < 1.29 is 18.0 Å². The van der Waals surface area contributed by atoms with Crippen LogP contribution >= 0.6 is 0 Å². The largest absolute Gasteiger partial charge is 0.418 e. The lowest BCUT2D eigenvalue weighted by Gasteiger charge is -2.26.